The fourth-order valence-corrected chi connectivity index (χ4v) is 0. The van der Waals surface area contributed by atoms with E-state index in [1.54, 1.807) is 14.0 Å². The second-order valence-corrected chi connectivity index (χ2v) is 1.07. The highest BCUT2D eigenvalue weighted by Gasteiger charge is 1.78. The van der Waals surface area contributed by atoms with Gasteiger partial charge in [-0.3, -0.25) is 10.1 Å². The summed E-state index contributed by atoms with van der Waals surface area (Å²) >= 11 is 0. The molecule has 1 atom stereocenters. The fraction of sp³-hybridized carbons (Fsp3) is 0.750. The van der Waals surface area contributed by atoms with Gasteiger partial charge in [0.1, 0.15) is 6.23 Å². The van der Waals surface area contributed by atoms with E-state index in [2.05, 4.69) is 5.32 Å². The van der Waals surface area contributed by atoms with Gasteiger partial charge in [0.15, 0.2) is 0 Å². The van der Waals surface area contributed by atoms with Crippen LogP contribution in [0.25, 0.3) is 0 Å². The largest absolute Gasteiger partial charge is 0.483 e. The molecule has 0 aromatic rings. The van der Waals surface area contributed by atoms with Gasteiger partial charge < -0.3 is 10.2 Å². The molecule has 0 aliphatic carbocycles. The van der Waals surface area contributed by atoms with Crippen molar-refractivity contribution in [1.29, 1.82) is 0 Å². The number of carboxylic acid groups (broad SMARTS) is 1. The number of hydrogen-bond acceptors (Lipinski definition) is 3. The highest BCUT2D eigenvalue weighted by Crippen LogP contribution is 1.59. The molecule has 0 rings (SSSR count). The maximum atomic E-state index is 8.36. The Hall–Kier alpha value is -0.610. The predicted octanol–water partition coefficient (Wildman–Crippen LogP) is -0.755. The minimum atomic E-state index is -0.366. The molecule has 3 N–H and O–H groups in total. The molecule has 0 radical (unpaired) electrons. The standard InChI is InChI=1S/C3H9NO.CH2O2/c1-3(5)4-2;2-1-3/h3-5H,1-2H3;1H,(H,2,3). The first-order valence-corrected chi connectivity index (χ1v) is 2.12. The zero-order valence-electron chi connectivity index (χ0n) is 4.96. The summed E-state index contributed by atoms with van der Waals surface area (Å²) in [6.45, 7) is 1.42. The number of rotatable bonds is 1. The van der Waals surface area contributed by atoms with Crippen LogP contribution < -0.4 is 5.32 Å². The molecule has 0 aliphatic rings. The van der Waals surface area contributed by atoms with Gasteiger partial charge in [0, 0.05) is 0 Å². The average molecular weight is 121 g/mol. The normalized spacial score (nSPS) is 10.9. The maximum Gasteiger partial charge on any atom is 0.290 e. The molecule has 4 heteroatoms. The summed E-state index contributed by atoms with van der Waals surface area (Å²) < 4.78 is 0. The van der Waals surface area contributed by atoms with Gasteiger partial charge in [-0.25, -0.2) is 0 Å². The third kappa shape index (κ3) is 53.8. The van der Waals surface area contributed by atoms with Crippen molar-refractivity contribution in [3.8, 4) is 0 Å². The molecule has 4 nitrogen and oxygen atoms in total. The molecule has 0 aliphatic heterocycles. The van der Waals surface area contributed by atoms with Crippen LogP contribution in [0, 0.1) is 0 Å². The second kappa shape index (κ2) is 9.63. The Balaban J connectivity index is 0. The Morgan fingerprint density at radius 2 is 1.88 bits per heavy atom. The van der Waals surface area contributed by atoms with Crippen LogP contribution in [0.1, 0.15) is 6.92 Å². The van der Waals surface area contributed by atoms with Crippen LogP contribution in [-0.4, -0.2) is 30.0 Å². The van der Waals surface area contributed by atoms with Crippen molar-refractivity contribution in [2.75, 3.05) is 7.05 Å². The van der Waals surface area contributed by atoms with E-state index in [0.29, 0.717) is 0 Å². The molecule has 0 aromatic carbocycles. The second-order valence-electron chi connectivity index (χ2n) is 1.07. The van der Waals surface area contributed by atoms with Crippen LogP contribution >= 0.6 is 0 Å². The van der Waals surface area contributed by atoms with E-state index in [-0.39, 0.29) is 12.7 Å². The first-order chi connectivity index (χ1) is 3.68. The molecule has 0 bridgehead atoms. The van der Waals surface area contributed by atoms with Gasteiger partial charge in [0.05, 0.1) is 0 Å². The smallest absolute Gasteiger partial charge is 0.290 e. The molecule has 0 saturated heterocycles. The lowest BCUT2D eigenvalue weighted by Crippen LogP contribution is -2.19. The third-order valence-corrected chi connectivity index (χ3v) is 0.418. The van der Waals surface area contributed by atoms with E-state index in [1.807, 2.05) is 0 Å². The van der Waals surface area contributed by atoms with Crippen LogP contribution in [0.2, 0.25) is 0 Å². The topological polar surface area (TPSA) is 69.6 Å². The van der Waals surface area contributed by atoms with Crippen LogP contribution in [-0.2, 0) is 4.79 Å². The van der Waals surface area contributed by atoms with Gasteiger partial charge in [-0.1, -0.05) is 0 Å². The van der Waals surface area contributed by atoms with Crippen molar-refractivity contribution < 1.29 is 15.0 Å². The summed E-state index contributed by atoms with van der Waals surface area (Å²) in [5.74, 6) is 0. The van der Waals surface area contributed by atoms with Crippen LogP contribution in [0.15, 0.2) is 0 Å². The SMILES string of the molecule is CNC(C)O.O=CO. The highest BCUT2D eigenvalue weighted by molar-refractivity contribution is 5.32. The van der Waals surface area contributed by atoms with E-state index in [0.717, 1.165) is 0 Å². The van der Waals surface area contributed by atoms with E-state index < -0.39 is 0 Å². The van der Waals surface area contributed by atoms with Crippen LogP contribution in [0.4, 0.5) is 0 Å². The number of nitrogens with one attached hydrogen (secondary N) is 1. The molecule has 0 amide bonds. The zero-order chi connectivity index (χ0) is 6.99. The van der Waals surface area contributed by atoms with Gasteiger partial charge in [-0.05, 0) is 14.0 Å². The fourth-order valence-electron chi connectivity index (χ4n) is 0. The zero-order valence-corrected chi connectivity index (χ0v) is 4.96. The maximum absolute atomic E-state index is 8.36. The predicted molar refractivity (Wildman–Crippen MR) is 29.4 cm³/mol. The van der Waals surface area contributed by atoms with Crippen molar-refractivity contribution in [2.24, 2.45) is 0 Å². The highest BCUT2D eigenvalue weighted by atomic mass is 16.3. The lowest BCUT2D eigenvalue weighted by Gasteiger charge is -1.94. The monoisotopic (exact) mass is 121 g/mol. The number of carbonyl (C=O) groups is 1. The number of aliphatic hydroxyl groups excluding tert-OH is 1. The first-order valence-electron chi connectivity index (χ1n) is 2.12. The Morgan fingerprint density at radius 1 is 1.75 bits per heavy atom. The Kier molecular flexibility index (Phi) is 12.5. The molecule has 50 valence electrons. The van der Waals surface area contributed by atoms with Crippen molar-refractivity contribution in [2.45, 2.75) is 13.2 Å². The molecule has 0 spiro atoms. The minimum Gasteiger partial charge on any atom is -0.483 e. The van der Waals surface area contributed by atoms with E-state index in [4.69, 9.17) is 15.0 Å². The van der Waals surface area contributed by atoms with Crippen LogP contribution in [0.3, 0.4) is 0 Å². The van der Waals surface area contributed by atoms with Crippen molar-refractivity contribution in [3.63, 3.8) is 0 Å². The lowest BCUT2D eigenvalue weighted by molar-refractivity contribution is -0.122. The first kappa shape index (κ1) is 10.4. The van der Waals surface area contributed by atoms with Crippen molar-refractivity contribution >= 4 is 6.47 Å². The molecule has 1 unspecified atom stereocenters. The summed E-state index contributed by atoms with van der Waals surface area (Å²) in [5, 5.41) is 17.7. The minimum absolute atomic E-state index is 0.250. The summed E-state index contributed by atoms with van der Waals surface area (Å²) in [6.07, 6.45) is -0.366. The number of aliphatic hydroxyl groups is 1. The Labute approximate surface area is 48.1 Å². The Morgan fingerprint density at radius 3 is 1.88 bits per heavy atom. The number of hydrogen-bond donors (Lipinski definition) is 3. The van der Waals surface area contributed by atoms with Crippen molar-refractivity contribution in [1.82, 2.24) is 5.32 Å². The third-order valence-electron chi connectivity index (χ3n) is 0.418. The van der Waals surface area contributed by atoms with Gasteiger partial charge in [0.2, 0.25) is 0 Å². The van der Waals surface area contributed by atoms with E-state index >= 15 is 0 Å². The summed E-state index contributed by atoms with van der Waals surface area (Å²) in [5.41, 5.74) is 0. The molecule has 8 heavy (non-hydrogen) atoms. The summed E-state index contributed by atoms with van der Waals surface area (Å²) in [4.78, 5) is 8.36. The molecule has 0 heterocycles. The molecule has 0 saturated carbocycles. The molecular formula is C4H11NO3. The van der Waals surface area contributed by atoms with E-state index in [9.17, 15) is 0 Å². The molecular weight excluding hydrogens is 110 g/mol. The average Bonchev–Trinajstić information content (AvgIpc) is 1.69. The van der Waals surface area contributed by atoms with Gasteiger partial charge in [-0.2, -0.15) is 0 Å². The summed E-state index contributed by atoms with van der Waals surface area (Å²) in [7, 11) is 1.70. The summed E-state index contributed by atoms with van der Waals surface area (Å²) in [6, 6.07) is 0. The quantitative estimate of drug-likeness (QED) is 0.315. The van der Waals surface area contributed by atoms with Gasteiger partial charge in [-0.15, -0.1) is 0 Å². The van der Waals surface area contributed by atoms with E-state index in [1.165, 1.54) is 0 Å². The van der Waals surface area contributed by atoms with Crippen LogP contribution in [0.5, 0.6) is 0 Å². The van der Waals surface area contributed by atoms with Gasteiger partial charge in [0.25, 0.3) is 6.47 Å². The Bertz CT molecular complexity index is 46.5. The molecule has 0 aromatic heterocycles. The van der Waals surface area contributed by atoms with Gasteiger partial charge >= 0.3 is 0 Å². The van der Waals surface area contributed by atoms with Crippen molar-refractivity contribution in [3.05, 3.63) is 0 Å². The lowest BCUT2D eigenvalue weighted by atomic mass is 10.7. The molecule has 0 fully saturated rings.